The van der Waals surface area contributed by atoms with Gasteiger partial charge in [-0.1, -0.05) is 0 Å². The summed E-state index contributed by atoms with van der Waals surface area (Å²) in [7, 11) is 3.74. The SMILES string of the molecule is COCN(C)C(C)C. The maximum absolute atomic E-state index is 4.89. The Bertz CT molecular complexity index is 54.5. The molecule has 0 fully saturated rings. The molecule has 2 nitrogen and oxygen atoms in total. The van der Waals surface area contributed by atoms with Crippen molar-refractivity contribution in [2.75, 3.05) is 20.9 Å². The zero-order valence-electron chi connectivity index (χ0n) is 6.14. The molecule has 0 aromatic carbocycles. The summed E-state index contributed by atoms with van der Waals surface area (Å²) in [6.07, 6.45) is 0. The lowest BCUT2D eigenvalue weighted by atomic mass is 10.4. The summed E-state index contributed by atoms with van der Waals surface area (Å²) in [6.45, 7) is 5.00. The summed E-state index contributed by atoms with van der Waals surface area (Å²) in [6, 6.07) is 0.579. The molecule has 0 atom stereocenters. The second-order valence-corrected chi connectivity index (χ2v) is 2.27. The van der Waals surface area contributed by atoms with Crippen molar-refractivity contribution in [1.82, 2.24) is 4.90 Å². The van der Waals surface area contributed by atoms with Gasteiger partial charge in [-0.15, -0.1) is 0 Å². The maximum Gasteiger partial charge on any atom is 0.0986 e. The predicted molar refractivity (Wildman–Crippen MR) is 34.8 cm³/mol. The van der Waals surface area contributed by atoms with Gasteiger partial charge in [-0.2, -0.15) is 0 Å². The molecule has 0 rings (SSSR count). The molecule has 2 heteroatoms. The van der Waals surface area contributed by atoms with E-state index in [2.05, 4.69) is 18.7 Å². The number of rotatable bonds is 3. The third-order valence-electron chi connectivity index (χ3n) is 1.21. The van der Waals surface area contributed by atoms with Gasteiger partial charge in [0.15, 0.2) is 0 Å². The van der Waals surface area contributed by atoms with Crippen LogP contribution < -0.4 is 0 Å². The molecule has 0 aliphatic rings. The van der Waals surface area contributed by atoms with Crippen LogP contribution in [0.1, 0.15) is 13.8 Å². The lowest BCUT2D eigenvalue weighted by Gasteiger charge is -2.18. The monoisotopic (exact) mass is 117 g/mol. The molecule has 0 N–H and O–H groups in total. The Kier molecular flexibility index (Phi) is 3.83. The van der Waals surface area contributed by atoms with Gasteiger partial charge in [0.2, 0.25) is 0 Å². The van der Waals surface area contributed by atoms with Crippen molar-refractivity contribution >= 4 is 0 Å². The Morgan fingerprint density at radius 3 is 2.12 bits per heavy atom. The molecule has 0 aliphatic carbocycles. The Balaban J connectivity index is 3.17. The first kappa shape index (κ1) is 7.92. The zero-order chi connectivity index (χ0) is 6.57. The van der Waals surface area contributed by atoms with Crippen LogP contribution in [-0.2, 0) is 4.74 Å². The molecule has 0 aliphatic heterocycles. The average Bonchev–Trinajstić information content (AvgIpc) is 1.67. The number of hydrogen-bond donors (Lipinski definition) is 0. The van der Waals surface area contributed by atoms with Gasteiger partial charge in [0, 0.05) is 13.2 Å². The van der Waals surface area contributed by atoms with E-state index in [9.17, 15) is 0 Å². The van der Waals surface area contributed by atoms with Gasteiger partial charge >= 0.3 is 0 Å². The fourth-order valence-corrected chi connectivity index (χ4v) is 0.353. The van der Waals surface area contributed by atoms with Crippen molar-refractivity contribution in [3.63, 3.8) is 0 Å². The molecule has 8 heavy (non-hydrogen) atoms. The third-order valence-corrected chi connectivity index (χ3v) is 1.21. The normalized spacial score (nSPS) is 11.2. The average molecular weight is 117 g/mol. The zero-order valence-corrected chi connectivity index (χ0v) is 6.14. The van der Waals surface area contributed by atoms with Crippen molar-refractivity contribution in [3.8, 4) is 0 Å². The molecule has 0 aromatic heterocycles. The Morgan fingerprint density at radius 1 is 1.50 bits per heavy atom. The Hall–Kier alpha value is -0.0800. The number of nitrogens with zero attached hydrogens (tertiary/aromatic N) is 1. The van der Waals surface area contributed by atoms with Gasteiger partial charge in [0.05, 0.1) is 6.73 Å². The van der Waals surface area contributed by atoms with E-state index in [0.717, 1.165) is 6.73 Å². The summed E-state index contributed by atoms with van der Waals surface area (Å²) in [4.78, 5) is 2.12. The minimum atomic E-state index is 0.579. The van der Waals surface area contributed by atoms with E-state index in [4.69, 9.17) is 4.74 Å². The summed E-state index contributed by atoms with van der Waals surface area (Å²) < 4.78 is 4.89. The Labute approximate surface area is 51.4 Å². The van der Waals surface area contributed by atoms with E-state index in [1.165, 1.54) is 0 Å². The van der Waals surface area contributed by atoms with Crippen molar-refractivity contribution < 1.29 is 4.74 Å². The van der Waals surface area contributed by atoms with Crippen molar-refractivity contribution in [2.24, 2.45) is 0 Å². The molecule has 0 saturated heterocycles. The van der Waals surface area contributed by atoms with Crippen LogP contribution in [0, 0.1) is 0 Å². The lowest BCUT2D eigenvalue weighted by molar-refractivity contribution is 0.0627. The molecule has 0 heterocycles. The van der Waals surface area contributed by atoms with Crippen LogP contribution in [0.25, 0.3) is 0 Å². The van der Waals surface area contributed by atoms with Gasteiger partial charge in [0.25, 0.3) is 0 Å². The van der Waals surface area contributed by atoms with Crippen molar-refractivity contribution in [3.05, 3.63) is 0 Å². The van der Waals surface area contributed by atoms with E-state index >= 15 is 0 Å². The predicted octanol–water partition coefficient (Wildman–Crippen LogP) is 0.931. The van der Waals surface area contributed by atoms with Crippen LogP contribution in [0.15, 0.2) is 0 Å². The topological polar surface area (TPSA) is 12.5 Å². The maximum atomic E-state index is 4.89. The van der Waals surface area contributed by atoms with Gasteiger partial charge in [-0.3, -0.25) is 4.90 Å². The minimum Gasteiger partial charge on any atom is -0.369 e. The first-order valence-electron chi connectivity index (χ1n) is 2.87. The lowest BCUT2D eigenvalue weighted by Crippen LogP contribution is -2.27. The molecule has 0 unspecified atom stereocenters. The fourth-order valence-electron chi connectivity index (χ4n) is 0.353. The van der Waals surface area contributed by atoms with E-state index in [1.807, 2.05) is 7.05 Å². The summed E-state index contributed by atoms with van der Waals surface area (Å²) in [5, 5.41) is 0. The summed E-state index contributed by atoms with van der Waals surface area (Å²) in [5.74, 6) is 0. The van der Waals surface area contributed by atoms with Crippen molar-refractivity contribution in [2.45, 2.75) is 19.9 Å². The van der Waals surface area contributed by atoms with Crippen LogP contribution in [0.5, 0.6) is 0 Å². The fraction of sp³-hybridized carbons (Fsp3) is 1.00. The first-order valence-corrected chi connectivity index (χ1v) is 2.87. The Morgan fingerprint density at radius 2 is 2.00 bits per heavy atom. The van der Waals surface area contributed by atoms with Crippen LogP contribution in [-0.4, -0.2) is 31.8 Å². The van der Waals surface area contributed by atoms with Crippen LogP contribution >= 0.6 is 0 Å². The van der Waals surface area contributed by atoms with Gasteiger partial charge in [-0.05, 0) is 20.9 Å². The van der Waals surface area contributed by atoms with Gasteiger partial charge < -0.3 is 4.74 Å². The quantitative estimate of drug-likeness (QED) is 0.510. The molecule has 0 spiro atoms. The molecule has 0 amide bonds. The molecule has 0 bridgehead atoms. The van der Waals surface area contributed by atoms with E-state index in [1.54, 1.807) is 7.11 Å². The number of methoxy groups -OCH3 is 1. The van der Waals surface area contributed by atoms with Gasteiger partial charge in [-0.25, -0.2) is 0 Å². The molecule has 50 valence electrons. The smallest absolute Gasteiger partial charge is 0.0986 e. The highest BCUT2D eigenvalue weighted by Crippen LogP contribution is 1.90. The highest BCUT2D eigenvalue weighted by molar-refractivity contribution is 4.49. The van der Waals surface area contributed by atoms with Gasteiger partial charge in [0.1, 0.15) is 0 Å². The van der Waals surface area contributed by atoms with Crippen LogP contribution in [0.4, 0.5) is 0 Å². The third kappa shape index (κ3) is 2.99. The molecule has 0 aromatic rings. The summed E-state index contributed by atoms with van der Waals surface area (Å²) >= 11 is 0. The highest BCUT2D eigenvalue weighted by atomic mass is 16.5. The first-order chi connectivity index (χ1) is 3.68. The summed E-state index contributed by atoms with van der Waals surface area (Å²) in [5.41, 5.74) is 0. The molecule has 0 saturated carbocycles. The van der Waals surface area contributed by atoms with E-state index in [0.29, 0.717) is 6.04 Å². The largest absolute Gasteiger partial charge is 0.369 e. The highest BCUT2D eigenvalue weighted by Gasteiger charge is 1.98. The number of ether oxygens (including phenoxy) is 1. The van der Waals surface area contributed by atoms with E-state index < -0.39 is 0 Å². The van der Waals surface area contributed by atoms with E-state index in [-0.39, 0.29) is 0 Å². The second-order valence-electron chi connectivity index (χ2n) is 2.27. The second kappa shape index (κ2) is 3.87. The number of hydrogen-bond acceptors (Lipinski definition) is 2. The standard InChI is InChI=1S/C6H15NO/c1-6(2)7(3)5-8-4/h6H,5H2,1-4H3. The van der Waals surface area contributed by atoms with Crippen LogP contribution in [0.2, 0.25) is 0 Å². The molecular formula is C6H15NO. The van der Waals surface area contributed by atoms with Crippen molar-refractivity contribution in [1.29, 1.82) is 0 Å². The molecular weight excluding hydrogens is 102 g/mol. The molecule has 0 radical (unpaired) electrons. The minimum absolute atomic E-state index is 0.579. The van der Waals surface area contributed by atoms with Crippen LogP contribution in [0.3, 0.4) is 0 Å².